The van der Waals surface area contributed by atoms with Crippen LogP contribution in [0, 0.1) is 12.8 Å². The van der Waals surface area contributed by atoms with Crippen molar-refractivity contribution in [2.24, 2.45) is 5.92 Å². The predicted molar refractivity (Wildman–Crippen MR) is 64.1 cm³/mol. The minimum atomic E-state index is 0.787. The third-order valence-electron chi connectivity index (χ3n) is 4.07. The Morgan fingerprint density at radius 1 is 1.33 bits per heavy atom. The fourth-order valence-electron chi connectivity index (χ4n) is 3.17. The molecule has 2 nitrogen and oxygen atoms in total. The van der Waals surface area contributed by atoms with E-state index < -0.39 is 0 Å². The van der Waals surface area contributed by atoms with Gasteiger partial charge in [-0.3, -0.25) is 0 Å². The van der Waals surface area contributed by atoms with Gasteiger partial charge in [0, 0.05) is 24.0 Å². The molecule has 2 N–H and O–H groups in total. The zero-order valence-corrected chi connectivity index (χ0v) is 9.24. The predicted octanol–water partition coefficient (Wildman–Crippen LogP) is 2.57. The van der Waals surface area contributed by atoms with Gasteiger partial charge in [-0.1, -0.05) is 6.07 Å². The molecule has 1 aliphatic heterocycles. The molecule has 2 atom stereocenters. The zero-order valence-electron chi connectivity index (χ0n) is 9.24. The minimum Gasteiger partial charge on any atom is -0.398 e. The first-order valence-electron chi connectivity index (χ1n) is 5.87. The molecular formula is C13H18N2. The van der Waals surface area contributed by atoms with E-state index in [1.807, 2.05) is 6.07 Å². The first kappa shape index (κ1) is 9.08. The van der Waals surface area contributed by atoms with Gasteiger partial charge in [-0.2, -0.15) is 0 Å². The lowest BCUT2D eigenvalue weighted by atomic mass is 10.1. The molecule has 1 saturated carbocycles. The number of nitrogens with two attached hydrogens (primary N) is 1. The molecule has 0 aromatic heterocycles. The van der Waals surface area contributed by atoms with E-state index in [1.165, 1.54) is 37.1 Å². The smallest absolute Gasteiger partial charge is 0.0419 e. The Bertz CT molecular complexity index is 386. The topological polar surface area (TPSA) is 29.3 Å². The van der Waals surface area contributed by atoms with E-state index in [0.717, 1.165) is 17.6 Å². The van der Waals surface area contributed by atoms with Gasteiger partial charge < -0.3 is 10.6 Å². The quantitative estimate of drug-likeness (QED) is 0.709. The standard InChI is InChI=1S/C13H18N2/c1-9-12(14)3-2-4-13(9)15-8-10-5-6-11(15)7-10/h2-4,10-11H,5-8,14H2,1H3. The normalized spacial score (nSPS) is 28.7. The van der Waals surface area contributed by atoms with Crippen molar-refractivity contribution in [2.45, 2.75) is 32.2 Å². The first-order chi connectivity index (χ1) is 7.25. The largest absolute Gasteiger partial charge is 0.398 e. The summed E-state index contributed by atoms with van der Waals surface area (Å²) < 4.78 is 0. The zero-order chi connectivity index (χ0) is 10.4. The summed E-state index contributed by atoms with van der Waals surface area (Å²) in [4.78, 5) is 2.57. The van der Waals surface area contributed by atoms with Crippen LogP contribution in [0.15, 0.2) is 18.2 Å². The van der Waals surface area contributed by atoms with Crippen molar-refractivity contribution in [2.75, 3.05) is 17.2 Å². The van der Waals surface area contributed by atoms with Crippen molar-refractivity contribution < 1.29 is 0 Å². The second-order valence-electron chi connectivity index (χ2n) is 4.98. The molecule has 2 bridgehead atoms. The lowest BCUT2D eigenvalue weighted by molar-refractivity contribution is 0.553. The van der Waals surface area contributed by atoms with Crippen LogP contribution >= 0.6 is 0 Å². The van der Waals surface area contributed by atoms with Crippen LogP contribution in [0.25, 0.3) is 0 Å². The SMILES string of the molecule is Cc1c(N)cccc1N1CC2CCC1C2. The Labute approximate surface area is 91.1 Å². The molecule has 0 radical (unpaired) electrons. The second-order valence-corrected chi connectivity index (χ2v) is 4.98. The lowest BCUT2D eigenvalue weighted by Gasteiger charge is -2.30. The van der Waals surface area contributed by atoms with Crippen molar-refractivity contribution in [3.05, 3.63) is 23.8 Å². The van der Waals surface area contributed by atoms with Crippen LogP contribution in [0.1, 0.15) is 24.8 Å². The van der Waals surface area contributed by atoms with E-state index in [0.29, 0.717) is 0 Å². The maximum atomic E-state index is 5.96. The van der Waals surface area contributed by atoms with Crippen LogP contribution in [0.4, 0.5) is 11.4 Å². The number of nitrogen functional groups attached to an aromatic ring is 1. The molecule has 3 rings (SSSR count). The third kappa shape index (κ3) is 1.31. The number of hydrogen-bond acceptors (Lipinski definition) is 2. The van der Waals surface area contributed by atoms with E-state index >= 15 is 0 Å². The van der Waals surface area contributed by atoms with Gasteiger partial charge in [-0.15, -0.1) is 0 Å². The maximum absolute atomic E-state index is 5.96. The highest BCUT2D eigenvalue weighted by molar-refractivity contribution is 5.65. The number of nitrogens with zero attached hydrogens (tertiary/aromatic N) is 1. The van der Waals surface area contributed by atoms with Crippen molar-refractivity contribution >= 4 is 11.4 Å². The molecule has 80 valence electrons. The third-order valence-corrected chi connectivity index (χ3v) is 4.07. The summed E-state index contributed by atoms with van der Waals surface area (Å²) in [5.41, 5.74) is 9.50. The van der Waals surface area contributed by atoms with Crippen molar-refractivity contribution in [3.63, 3.8) is 0 Å². The van der Waals surface area contributed by atoms with Crippen LogP contribution < -0.4 is 10.6 Å². The van der Waals surface area contributed by atoms with Gasteiger partial charge in [-0.25, -0.2) is 0 Å². The van der Waals surface area contributed by atoms with Crippen LogP contribution in [0.5, 0.6) is 0 Å². The molecule has 2 fully saturated rings. The highest BCUT2D eigenvalue weighted by atomic mass is 15.2. The van der Waals surface area contributed by atoms with Gasteiger partial charge in [0.05, 0.1) is 0 Å². The number of anilines is 2. The van der Waals surface area contributed by atoms with Gasteiger partial charge in [0.15, 0.2) is 0 Å². The molecule has 15 heavy (non-hydrogen) atoms. The molecule has 1 aromatic carbocycles. The number of hydrogen-bond donors (Lipinski definition) is 1. The molecule has 2 aliphatic rings. The van der Waals surface area contributed by atoms with E-state index in [4.69, 9.17) is 5.73 Å². The molecule has 2 unspecified atom stereocenters. The molecule has 1 saturated heterocycles. The molecule has 0 spiro atoms. The van der Waals surface area contributed by atoms with Crippen LogP contribution in [0.3, 0.4) is 0 Å². The van der Waals surface area contributed by atoms with Gasteiger partial charge in [0.1, 0.15) is 0 Å². The van der Waals surface area contributed by atoms with E-state index in [2.05, 4.69) is 24.0 Å². The molecular weight excluding hydrogens is 184 g/mol. The second kappa shape index (κ2) is 3.16. The first-order valence-corrected chi connectivity index (χ1v) is 5.87. The lowest BCUT2D eigenvalue weighted by Crippen LogP contribution is -2.32. The van der Waals surface area contributed by atoms with Gasteiger partial charge in [-0.05, 0) is 49.8 Å². The highest BCUT2D eigenvalue weighted by Crippen LogP contribution is 2.41. The fourth-order valence-corrected chi connectivity index (χ4v) is 3.17. The summed E-state index contributed by atoms with van der Waals surface area (Å²) in [5, 5.41) is 0. The number of benzene rings is 1. The van der Waals surface area contributed by atoms with E-state index in [9.17, 15) is 0 Å². The van der Waals surface area contributed by atoms with E-state index in [1.54, 1.807) is 0 Å². The average molecular weight is 202 g/mol. The van der Waals surface area contributed by atoms with Crippen LogP contribution in [0.2, 0.25) is 0 Å². The van der Waals surface area contributed by atoms with Gasteiger partial charge in [0.25, 0.3) is 0 Å². The summed E-state index contributed by atoms with van der Waals surface area (Å²) in [7, 11) is 0. The summed E-state index contributed by atoms with van der Waals surface area (Å²) in [6.45, 7) is 3.38. The maximum Gasteiger partial charge on any atom is 0.0419 e. The Hall–Kier alpha value is -1.18. The van der Waals surface area contributed by atoms with Crippen molar-refractivity contribution in [1.29, 1.82) is 0 Å². The van der Waals surface area contributed by atoms with Crippen LogP contribution in [-0.4, -0.2) is 12.6 Å². The summed E-state index contributed by atoms with van der Waals surface area (Å²) >= 11 is 0. The van der Waals surface area contributed by atoms with Crippen molar-refractivity contribution in [1.82, 2.24) is 0 Å². The minimum absolute atomic E-state index is 0.787. The molecule has 2 heteroatoms. The summed E-state index contributed by atoms with van der Waals surface area (Å²) in [6, 6.07) is 7.07. The van der Waals surface area contributed by atoms with Gasteiger partial charge in [0.2, 0.25) is 0 Å². The molecule has 1 heterocycles. The average Bonchev–Trinajstić information content (AvgIpc) is 2.83. The number of fused-ring (bicyclic) bond motifs is 2. The fraction of sp³-hybridized carbons (Fsp3) is 0.538. The summed E-state index contributed by atoms with van der Waals surface area (Å²) in [6.07, 6.45) is 4.20. The van der Waals surface area contributed by atoms with E-state index in [-0.39, 0.29) is 0 Å². The summed E-state index contributed by atoms with van der Waals surface area (Å²) in [5.74, 6) is 0.941. The Kier molecular flexibility index (Phi) is 1.91. The Morgan fingerprint density at radius 3 is 2.87 bits per heavy atom. The van der Waals surface area contributed by atoms with Crippen LogP contribution in [-0.2, 0) is 0 Å². The molecule has 1 aliphatic carbocycles. The van der Waals surface area contributed by atoms with Gasteiger partial charge >= 0.3 is 0 Å². The molecule has 0 amide bonds. The Morgan fingerprint density at radius 2 is 2.20 bits per heavy atom. The Balaban J connectivity index is 1.96. The number of rotatable bonds is 1. The number of piperidine rings is 1. The molecule has 1 aromatic rings. The van der Waals surface area contributed by atoms with Crippen molar-refractivity contribution in [3.8, 4) is 0 Å². The monoisotopic (exact) mass is 202 g/mol. The highest BCUT2D eigenvalue weighted by Gasteiger charge is 2.38.